The van der Waals surface area contributed by atoms with E-state index >= 15 is 0 Å². The molecule has 174 valence electrons. The zero-order chi connectivity index (χ0) is 24.5. The van der Waals surface area contributed by atoms with Gasteiger partial charge in [-0.05, 0) is 43.2 Å². The number of hydrogen-bond acceptors (Lipinski definition) is 7. The summed E-state index contributed by atoms with van der Waals surface area (Å²) >= 11 is 0. The van der Waals surface area contributed by atoms with Gasteiger partial charge in [0, 0.05) is 24.1 Å². The van der Waals surface area contributed by atoms with Crippen molar-refractivity contribution < 1.29 is 18.0 Å². The monoisotopic (exact) mass is 473 g/mol. The molecule has 0 aliphatic carbocycles. The van der Waals surface area contributed by atoms with Crippen molar-refractivity contribution in [2.75, 3.05) is 6.26 Å². The molecular weight excluding hydrogens is 450 g/mol. The normalized spacial score (nSPS) is 11.5. The number of aromatic nitrogens is 3. The summed E-state index contributed by atoms with van der Waals surface area (Å²) < 4.78 is 24.4. The van der Waals surface area contributed by atoms with Gasteiger partial charge in [-0.25, -0.2) is 18.2 Å². The summed E-state index contributed by atoms with van der Waals surface area (Å²) in [5.41, 5.74) is 3.71. The van der Waals surface area contributed by atoms with Crippen molar-refractivity contribution in [2.24, 2.45) is 0 Å². The second kappa shape index (κ2) is 8.98. The van der Waals surface area contributed by atoms with E-state index in [1.165, 1.54) is 34.9 Å². The van der Waals surface area contributed by atoms with Crippen LogP contribution >= 0.6 is 0 Å². The maximum absolute atomic E-state index is 12.9. The Balaban J connectivity index is 1.96. The van der Waals surface area contributed by atoms with Gasteiger partial charge in [0.25, 0.3) is 17.4 Å². The van der Waals surface area contributed by atoms with Crippen LogP contribution in [0.2, 0.25) is 0 Å². The SMILES string of the molecule is CCn1c(=O)[nH]c(=O)c2c(C(=O)NNC(=O)c3ccc(S(C)(=O)=O)cc3)cc(C(C)C)nc21. The second-order valence-electron chi connectivity index (χ2n) is 7.66. The Morgan fingerprint density at radius 3 is 2.24 bits per heavy atom. The molecule has 0 saturated carbocycles. The summed E-state index contributed by atoms with van der Waals surface area (Å²) in [4.78, 5) is 56.6. The lowest BCUT2D eigenvalue weighted by Gasteiger charge is -2.14. The van der Waals surface area contributed by atoms with E-state index < -0.39 is 32.9 Å². The number of hydrogen-bond donors (Lipinski definition) is 3. The second-order valence-corrected chi connectivity index (χ2v) is 9.67. The summed E-state index contributed by atoms with van der Waals surface area (Å²) in [5, 5.41) is -0.0786. The fourth-order valence-electron chi connectivity index (χ4n) is 3.17. The van der Waals surface area contributed by atoms with Crippen molar-refractivity contribution in [1.82, 2.24) is 25.4 Å². The minimum absolute atomic E-state index is 0.0498. The van der Waals surface area contributed by atoms with Gasteiger partial charge in [0.2, 0.25) is 0 Å². The molecule has 3 rings (SSSR count). The number of H-pyrrole nitrogens is 1. The molecule has 2 heterocycles. The van der Waals surface area contributed by atoms with Gasteiger partial charge < -0.3 is 0 Å². The number of aromatic amines is 1. The van der Waals surface area contributed by atoms with Crippen LogP contribution in [0.4, 0.5) is 0 Å². The van der Waals surface area contributed by atoms with Crippen molar-refractivity contribution in [1.29, 1.82) is 0 Å². The molecule has 0 fully saturated rings. The maximum atomic E-state index is 12.9. The molecule has 0 aliphatic heterocycles. The third kappa shape index (κ3) is 4.85. The summed E-state index contributed by atoms with van der Waals surface area (Å²) in [6, 6.07) is 6.61. The molecule has 1 aromatic carbocycles. The van der Waals surface area contributed by atoms with Gasteiger partial charge in [0.15, 0.2) is 15.5 Å². The molecule has 33 heavy (non-hydrogen) atoms. The molecule has 0 aliphatic rings. The smallest absolute Gasteiger partial charge is 0.278 e. The summed E-state index contributed by atoms with van der Waals surface area (Å²) in [6.07, 6.45) is 1.05. The van der Waals surface area contributed by atoms with E-state index in [1.807, 2.05) is 13.8 Å². The predicted octanol–water partition coefficient (Wildman–Crippen LogP) is 0.706. The number of aryl methyl sites for hydroxylation is 1. The van der Waals surface area contributed by atoms with Gasteiger partial charge in [-0.2, -0.15) is 0 Å². The Bertz CT molecular complexity index is 1470. The van der Waals surface area contributed by atoms with E-state index in [0.29, 0.717) is 5.69 Å². The highest BCUT2D eigenvalue weighted by Crippen LogP contribution is 2.19. The largest absolute Gasteiger partial charge is 0.329 e. The van der Waals surface area contributed by atoms with Crippen LogP contribution in [-0.4, -0.2) is 41.0 Å². The molecule has 2 amide bonds. The molecule has 0 unspecified atom stereocenters. The van der Waals surface area contributed by atoms with Crippen molar-refractivity contribution in [2.45, 2.75) is 38.1 Å². The number of fused-ring (bicyclic) bond motifs is 1. The van der Waals surface area contributed by atoms with Crippen LogP contribution in [-0.2, 0) is 16.4 Å². The summed E-state index contributed by atoms with van der Waals surface area (Å²) in [5.74, 6) is -1.58. The van der Waals surface area contributed by atoms with E-state index in [0.717, 1.165) is 6.26 Å². The average Bonchev–Trinajstić information content (AvgIpc) is 2.76. The first kappa shape index (κ1) is 23.9. The Hall–Kier alpha value is -3.80. The minimum Gasteiger partial charge on any atom is -0.278 e. The van der Waals surface area contributed by atoms with Crippen molar-refractivity contribution in [3.63, 3.8) is 0 Å². The van der Waals surface area contributed by atoms with E-state index in [9.17, 15) is 27.6 Å². The summed E-state index contributed by atoms with van der Waals surface area (Å²) in [6.45, 7) is 5.62. The van der Waals surface area contributed by atoms with Crippen LogP contribution in [0.25, 0.3) is 11.0 Å². The maximum Gasteiger partial charge on any atom is 0.329 e. The first-order valence-electron chi connectivity index (χ1n) is 10.0. The highest BCUT2D eigenvalue weighted by Gasteiger charge is 2.21. The number of carbonyl (C=O) groups is 2. The average molecular weight is 474 g/mol. The van der Waals surface area contributed by atoms with Crippen LogP contribution in [0.3, 0.4) is 0 Å². The number of pyridine rings is 1. The Morgan fingerprint density at radius 2 is 1.70 bits per heavy atom. The molecule has 0 spiro atoms. The van der Waals surface area contributed by atoms with Crippen molar-refractivity contribution in [3.8, 4) is 0 Å². The third-order valence-electron chi connectivity index (χ3n) is 4.96. The van der Waals surface area contributed by atoms with Crippen LogP contribution in [0.1, 0.15) is 53.1 Å². The molecule has 2 aromatic heterocycles. The zero-order valence-corrected chi connectivity index (χ0v) is 19.2. The number of nitrogens with zero attached hydrogens (tertiary/aromatic N) is 2. The van der Waals surface area contributed by atoms with E-state index in [-0.39, 0.29) is 39.5 Å². The first-order valence-corrected chi connectivity index (χ1v) is 11.9. The zero-order valence-electron chi connectivity index (χ0n) is 18.4. The number of sulfone groups is 1. The predicted molar refractivity (Wildman–Crippen MR) is 121 cm³/mol. The fourth-order valence-corrected chi connectivity index (χ4v) is 3.80. The number of benzene rings is 1. The minimum atomic E-state index is -3.42. The molecule has 3 aromatic rings. The number of hydrazine groups is 1. The number of nitrogens with one attached hydrogen (secondary N) is 3. The van der Waals surface area contributed by atoms with Gasteiger partial charge in [-0.1, -0.05) is 13.8 Å². The van der Waals surface area contributed by atoms with Crippen molar-refractivity contribution in [3.05, 3.63) is 68.0 Å². The first-order chi connectivity index (χ1) is 15.4. The van der Waals surface area contributed by atoms with Gasteiger partial charge in [-0.15, -0.1) is 0 Å². The Morgan fingerprint density at radius 1 is 1.09 bits per heavy atom. The number of carbonyl (C=O) groups excluding carboxylic acids is 2. The van der Waals surface area contributed by atoms with Crippen LogP contribution in [0.5, 0.6) is 0 Å². The standard InChI is InChI=1S/C21H23N5O6S/c1-5-26-17-16(20(29)23-21(26)30)14(10-15(22-17)11(2)3)19(28)25-24-18(27)12-6-8-13(9-7-12)33(4,31)32/h6-11H,5H2,1-4H3,(H,24,27)(H,25,28)(H,23,29,30). The quantitative estimate of drug-likeness (QED) is 0.460. The molecule has 0 radical (unpaired) electrons. The van der Waals surface area contributed by atoms with E-state index in [4.69, 9.17) is 0 Å². The summed E-state index contributed by atoms with van der Waals surface area (Å²) in [7, 11) is -3.42. The van der Waals surface area contributed by atoms with Crippen LogP contribution < -0.4 is 22.1 Å². The molecule has 11 nitrogen and oxygen atoms in total. The van der Waals surface area contributed by atoms with Crippen molar-refractivity contribution >= 4 is 32.7 Å². The molecule has 0 atom stereocenters. The Kier molecular flexibility index (Phi) is 6.49. The third-order valence-corrected chi connectivity index (χ3v) is 6.08. The topological polar surface area (TPSA) is 160 Å². The molecule has 0 saturated heterocycles. The molecule has 3 N–H and O–H groups in total. The fraction of sp³-hybridized carbons (Fsp3) is 0.286. The van der Waals surface area contributed by atoms with Crippen LogP contribution in [0, 0.1) is 0 Å². The van der Waals surface area contributed by atoms with E-state index in [1.54, 1.807) is 6.92 Å². The van der Waals surface area contributed by atoms with Gasteiger partial charge in [0.05, 0.1) is 15.8 Å². The van der Waals surface area contributed by atoms with Gasteiger partial charge in [0.1, 0.15) is 0 Å². The molecule has 0 bridgehead atoms. The van der Waals surface area contributed by atoms with E-state index in [2.05, 4.69) is 20.8 Å². The number of amides is 2. The van der Waals surface area contributed by atoms with Gasteiger partial charge >= 0.3 is 5.69 Å². The number of rotatable bonds is 5. The lowest BCUT2D eigenvalue weighted by atomic mass is 10.0. The molecular formula is C21H23N5O6S. The Labute approximate surface area is 188 Å². The lowest BCUT2D eigenvalue weighted by molar-refractivity contribution is 0.0847. The van der Waals surface area contributed by atoms with Gasteiger partial charge in [-0.3, -0.25) is 34.8 Å². The van der Waals surface area contributed by atoms with Crippen LogP contribution in [0.15, 0.2) is 44.8 Å². The molecule has 12 heteroatoms. The highest BCUT2D eigenvalue weighted by atomic mass is 32.2. The highest BCUT2D eigenvalue weighted by molar-refractivity contribution is 7.90. The lowest BCUT2D eigenvalue weighted by Crippen LogP contribution is -2.42.